The van der Waals surface area contributed by atoms with Gasteiger partial charge in [0.05, 0.1) is 39.1 Å². The predicted octanol–water partition coefficient (Wildman–Crippen LogP) is 0.267. The number of ether oxygens (including phenoxy) is 3. The molecule has 0 spiro atoms. The number of rotatable bonds is 12. The van der Waals surface area contributed by atoms with Crippen LogP contribution < -0.4 is 5.32 Å². The third kappa shape index (κ3) is 8.47. The minimum Gasteiger partial charge on any atom is -0.379 e. The topological polar surface area (TPSA) is 60.0 Å². The van der Waals surface area contributed by atoms with Crippen molar-refractivity contribution < 1.29 is 19.0 Å². The number of likely N-dealkylation sites (N-methyl/N-ethyl adjacent to an activating group) is 1. The highest BCUT2D eigenvalue weighted by Gasteiger charge is 2.24. The highest BCUT2D eigenvalue weighted by molar-refractivity contribution is 5.76. The Labute approximate surface area is 121 Å². The third-order valence-electron chi connectivity index (χ3n) is 3.00. The van der Waals surface area contributed by atoms with Gasteiger partial charge in [0.25, 0.3) is 0 Å². The molecule has 0 radical (unpaired) electrons. The number of carbonyl (C=O) groups is 1. The fourth-order valence-corrected chi connectivity index (χ4v) is 1.94. The van der Waals surface area contributed by atoms with Crippen LogP contribution in [0.15, 0.2) is 0 Å². The fourth-order valence-electron chi connectivity index (χ4n) is 1.94. The molecule has 0 aromatic heterocycles. The van der Waals surface area contributed by atoms with Crippen molar-refractivity contribution in [2.75, 3.05) is 59.8 Å². The molecule has 1 saturated heterocycles. The van der Waals surface area contributed by atoms with Crippen molar-refractivity contribution in [3.8, 4) is 0 Å². The number of likely N-dealkylation sites (tertiary alicyclic amines) is 1. The molecule has 1 N–H and O–H groups in total. The lowest BCUT2D eigenvalue weighted by Gasteiger charge is -2.36. The predicted molar refractivity (Wildman–Crippen MR) is 76.8 cm³/mol. The Morgan fingerprint density at radius 2 is 1.60 bits per heavy atom. The van der Waals surface area contributed by atoms with Gasteiger partial charge in [-0.25, -0.2) is 0 Å². The zero-order valence-electron chi connectivity index (χ0n) is 12.7. The average Bonchev–Trinajstić information content (AvgIpc) is 2.39. The van der Waals surface area contributed by atoms with Crippen molar-refractivity contribution >= 4 is 5.91 Å². The van der Waals surface area contributed by atoms with E-state index in [0.717, 1.165) is 26.1 Å². The lowest BCUT2D eigenvalue weighted by molar-refractivity contribution is -0.124. The van der Waals surface area contributed by atoms with Crippen LogP contribution in [0.3, 0.4) is 0 Å². The van der Waals surface area contributed by atoms with E-state index in [1.54, 1.807) is 0 Å². The first-order valence-corrected chi connectivity index (χ1v) is 7.43. The number of nitrogens with one attached hydrogen (secondary N) is 1. The Hall–Kier alpha value is -0.690. The Kier molecular flexibility index (Phi) is 9.57. The molecular formula is C14H28N2O4. The summed E-state index contributed by atoms with van der Waals surface area (Å²) in [5, 5.41) is 2.97. The van der Waals surface area contributed by atoms with E-state index in [1.165, 1.54) is 0 Å². The molecule has 20 heavy (non-hydrogen) atoms. The highest BCUT2D eigenvalue weighted by Crippen LogP contribution is 2.03. The largest absolute Gasteiger partial charge is 0.379 e. The number of nitrogens with zero attached hydrogens (tertiary/aromatic N) is 1. The molecule has 1 aliphatic heterocycles. The van der Waals surface area contributed by atoms with Crippen LogP contribution in [-0.4, -0.2) is 76.6 Å². The second kappa shape index (κ2) is 11.0. The van der Waals surface area contributed by atoms with E-state index in [1.807, 2.05) is 7.05 Å². The summed E-state index contributed by atoms with van der Waals surface area (Å²) in [5.41, 5.74) is 0. The minimum atomic E-state index is 0.0667. The molecule has 118 valence electrons. The van der Waals surface area contributed by atoms with Crippen molar-refractivity contribution in [2.24, 2.45) is 0 Å². The van der Waals surface area contributed by atoms with Gasteiger partial charge in [0.2, 0.25) is 5.91 Å². The van der Waals surface area contributed by atoms with Crippen molar-refractivity contribution in [3.05, 3.63) is 0 Å². The molecule has 1 fully saturated rings. The maximum absolute atomic E-state index is 11.5. The van der Waals surface area contributed by atoms with Crippen molar-refractivity contribution in [1.29, 1.82) is 0 Å². The van der Waals surface area contributed by atoms with Crippen LogP contribution in [0.1, 0.15) is 19.8 Å². The smallest absolute Gasteiger partial charge is 0.222 e. The number of hydrogen-bond acceptors (Lipinski definition) is 5. The molecule has 6 nitrogen and oxygen atoms in total. The lowest BCUT2D eigenvalue weighted by atomic mass is 10.1. The Bertz CT molecular complexity index is 258. The van der Waals surface area contributed by atoms with Gasteiger partial charge in [-0.15, -0.1) is 0 Å². The van der Waals surface area contributed by atoms with Crippen molar-refractivity contribution in [3.63, 3.8) is 0 Å². The number of hydrogen-bond donors (Lipinski definition) is 1. The Balaban J connectivity index is 1.76. The molecule has 0 atom stereocenters. The van der Waals surface area contributed by atoms with E-state index >= 15 is 0 Å². The van der Waals surface area contributed by atoms with E-state index in [9.17, 15) is 4.79 Å². The average molecular weight is 288 g/mol. The zero-order valence-corrected chi connectivity index (χ0v) is 12.7. The zero-order chi connectivity index (χ0) is 14.6. The van der Waals surface area contributed by atoms with Gasteiger partial charge in [0.1, 0.15) is 0 Å². The molecule has 1 heterocycles. The minimum absolute atomic E-state index is 0.0667. The molecule has 1 aliphatic rings. The van der Waals surface area contributed by atoms with Crippen LogP contribution in [0.5, 0.6) is 0 Å². The van der Waals surface area contributed by atoms with Crippen LogP contribution in [0.4, 0.5) is 0 Å². The number of carbonyl (C=O) groups excluding carboxylic acids is 1. The lowest BCUT2D eigenvalue weighted by Crippen LogP contribution is -2.57. The van der Waals surface area contributed by atoms with Gasteiger partial charge in [-0.3, -0.25) is 4.79 Å². The second-order valence-corrected chi connectivity index (χ2v) is 5.07. The summed E-state index contributed by atoms with van der Waals surface area (Å²) >= 11 is 0. The summed E-state index contributed by atoms with van der Waals surface area (Å²) in [6, 6.07) is 0.318. The maximum Gasteiger partial charge on any atom is 0.222 e. The summed E-state index contributed by atoms with van der Waals surface area (Å²) in [5.74, 6) is 0.0667. The Morgan fingerprint density at radius 3 is 2.15 bits per heavy atom. The standard InChI is InChI=1S/C14H28N2O4/c1-3-5-18-7-9-20-10-8-19-6-4-14(17)15-13-11-16(2)12-13/h13H,3-12H2,1-2H3,(H,15,17). The van der Waals surface area contributed by atoms with Gasteiger partial charge in [0, 0.05) is 26.1 Å². The van der Waals surface area contributed by atoms with E-state index in [2.05, 4.69) is 17.1 Å². The molecule has 6 heteroatoms. The molecule has 0 aromatic carbocycles. The van der Waals surface area contributed by atoms with Gasteiger partial charge in [-0.1, -0.05) is 6.92 Å². The summed E-state index contributed by atoms with van der Waals surface area (Å²) < 4.78 is 16.0. The molecule has 0 unspecified atom stereocenters. The van der Waals surface area contributed by atoms with Gasteiger partial charge >= 0.3 is 0 Å². The van der Waals surface area contributed by atoms with Crippen LogP contribution in [0.2, 0.25) is 0 Å². The van der Waals surface area contributed by atoms with Gasteiger partial charge in [0.15, 0.2) is 0 Å². The summed E-state index contributed by atoms with van der Waals surface area (Å²) in [6.07, 6.45) is 1.45. The molecule has 0 aliphatic carbocycles. The van der Waals surface area contributed by atoms with Gasteiger partial charge < -0.3 is 24.4 Å². The van der Waals surface area contributed by atoms with Crippen LogP contribution >= 0.6 is 0 Å². The molecule has 0 bridgehead atoms. The number of amides is 1. The van der Waals surface area contributed by atoms with Gasteiger partial charge in [-0.2, -0.15) is 0 Å². The van der Waals surface area contributed by atoms with E-state index in [0.29, 0.717) is 45.5 Å². The molecule has 1 rings (SSSR count). The molecular weight excluding hydrogens is 260 g/mol. The van der Waals surface area contributed by atoms with Crippen LogP contribution in [0.25, 0.3) is 0 Å². The summed E-state index contributed by atoms with van der Waals surface area (Å²) in [7, 11) is 2.04. The highest BCUT2D eigenvalue weighted by atomic mass is 16.5. The quantitative estimate of drug-likeness (QED) is 0.522. The van der Waals surface area contributed by atoms with Crippen LogP contribution in [0, 0.1) is 0 Å². The van der Waals surface area contributed by atoms with E-state index < -0.39 is 0 Å². The third-order valence-corrected chi connectivity index (χ3v) is 3.00. The fraction of sp³-hybridized carbons (Fsp3) is 0.929. The van der Waals surface area contributed by atoms with Crippen LogP contribution in [-0.2, 0) is 19.0 Å². The molecule has 0 aromatic rings. The van der Waals surface area contributed by atoms with E-state index in [4.69, 9.17) is 14.2 Å². The molecule has 1 amide bonds. The normalized spacial score (nSPS) is 16.1. The van der Waals surface area contributed by atoms with Gasteiger partial charge in [-0.05, 0) is 13.5 Å². The van der Waals surface area contributed by atoms with E-state index in [-0.39, 0.29) is 5.91 Å². The monoisotopic (exact) mass is 288 g/mol. The molecule has 0 saturated carbocycles. The first-order valence-electron chi connectivity index (χ1n) is 7.43. The second-order valence-electron chi connectivity index (χ2n) is 5.07. The SMILES string of the molecule is CCCOCCOCCOCCC(=O)NC1CN(C)C1. The van der Waals surface area contributed by atoms with Crippen molar-refractivity contribution in [1.82, 2.24) is 10.2 Å². The Morgan fingerprint density at radius 1 is 1.05 bits per heavy atom. The first-order chi connectivity index (χ1) is 9.72. The summed E-state index contributed by atoms with van der Waals surface area (Å²) in [4.78, 5) is 13.7. The first kappa shape index (κ1) is 17.4. The maximum atomic E-state index is 11.5. The van der Waals surface area contributed by atoms with Crippen molar-refractivity contribution in [2.45, 2.75) is 25.8 Å². The summed E-state index contributed by atoms with van der Waals surface area (Å²) in [6.45, 7) is 7.49.